The van der Waals surface area contributed by atoms with Crippen LogP contribution in [0.15, 0.2) is 41.3 Å². The van der Waals surface area contributed by atoms with Gasteiger partial charge in [0.25, 0.3) is 15.9 Å². The second-order valence-corrected chi connectivity index (χ2v) is 10.3. The molecule has 1 heterocycles. The number of rotatable bonds is 7. The third kappa shape index (κ3) is 5.99. The van der Waals surface area contributed by atoms with E-state index in [1.54, 1.807) is 12.1 Å². The first-order valence-electron chi connectivity index (χ1n) is 10.6. The van der Waals surface area contributed by atoms with E-state index < -0.39 is 10.0 Å². The van der Waals surface area contributed by atoms with Crippen molar-refractivity contribution in [2.45, 2.75) is 51.0 Å². The minimum atomic E-state index is -3.86. The van der Waals surface area contributed by atoms with Gasteiger partial charge < -0.3 is 5.32 Å². The maximum Gasteiger partial charge on any atom is 0.261 e. The van der Waals surface area contributed by atoms with E-state index in [-0.39, 0.29) is 21.4 Å². The molecule has 0 aliphatic carbocycles. The van der Waals surface area contributed by atoms with E-state index in [2.05, 4.69) is 21.9 Å². The number of hydrogen-bond donors (Lipinski definition) is 2. The third-order valence-electron chi connectivity index (χ3n) is 5.88. The quantitative estimate of drug-likeness (QED) is 0.639. The number of aryl methyl sites for hydroxylation is 2. The topological polar surface area (TPSA) is 78.5 Å². The fraction of sp³-hybridized carbons (Fsp3) is 0.435. The molecule has 0 spiro atoms. The minimum absolute atomic E-state index is 0.00932. The van der Waals surface area contributed by atoms with Crippen LogP contribution in [0.5, 0.6) is 0 Å². The number of likely N-dealkylation sites (tertiary alicyclic amines) is 1. The first kappa shape index (κ1) is 23.6. The zero-order chi connectivity index (χ0) is 22.6. The van der Waals surface area contributed by atoms with Gasteiger partial charge in [0.05, 0.1) is 15.5 Å². The molecule has 31 heavy (non-hydrogen) atoms. The number of anilines is 1. The lowest BCUT2D eigenvalue weighted by atomic mass is 10.0. The van der Waals surface area contributed by atoms with Crippen molar-refractivity contribution < 1.29 is 13.2 Å². The molecule has 2 aromatic rings. The van der Waals surface area contributed by atoms with Gasteiger partial charge in [0.2, 0.25) is 0 Å². The lowest BCUT2D eigenvalue weighted by Crippen LogP contribution is -2.42. The van der Waals surface area contributed by atoms with Gasteiger partial charge in [-0.15, -0.1) is 0 Å². The Bertz CT molecular complexity index is 1060. The van der Waals surface area contributed by atoms with E-state index in [4.69, 9.17) is 11.6 Å². The summed E-state index contributed by atoms with van der Waals surface area (Å²) in [6, 6.07) is 10.0. The molecule has 0 aromatic heterocycles. The van der Waals surface area contributed by atoms with Crippen LogP contribution in [0, 0.1) is 13.8 Å². The number of sulfonamides is 1. The molecule has 3 rings (SSSR count). The number of carbonyl (C=O) groups excluding carboxylic acids is 1. The number of halogens is 1. The zero-order valence-electron chi connectivity index (χ0n) is 18.2. The molecule has 6 nitrogen and oxygen atoms in total. The molecule has 1 saturated heterocycles. The number of benzene rings is 2. The van der Waals surface area contributed by atoms with Gasteiger partial charge in [0.1, 0.15) is 0 Å². The van der Waals surface area contributed by atoms with Crippen molar-refractivity contribution in [3.8, 4) is 0 Å². The Morgan fingerprint density at radius 1 is 1.13 bits per heavy atom. The lowest BCUT2D eigenvalue weighted by Gasteiger charge is -2.33. The van der Waals surface area contributed by atoms with Gasteiger partial charge in [-0.05, 0) is 81.6 Å². The summed E-state index contributed by atoms with van der Waals surface area (Å²) in [5.41, 5.74) is 2.68. The van der Waals surface area contributed by atoms with E-state index >= 15 is 0 Å². The van der Waals surface area contributed by atoms with Crippen LogP contribution >= 0.6 is 11.6 Å². The Kier molecular flexibility index (Phi) is 7.62. The number of amides is 1. The van der Waals surface area contributed by atoms with E-state index in [0.717, 1.165) is 24.2 Å². The van der Waals surface area contributed by atoms with Crippen LogP contribution in [0.4, 0.5) is 5.69 Å². The molecule has 2 N–H and O–H groups in total. The summed E-state index contributed by atoms with van der Waals surface area (Å²) in [5, 5.41) is 3.09. The normalized spacial score (nSPS) is 17.4. The van der Waals surface area contributed by atoms with Crippen LogP contribution in [0.2, 0.25) is 5.02 Å². The SMILES string of the molecule is Cc1ccc(NS(=O)(=O)c2ccc(Cl)c(C(=O)NCCN3CCCCC3C)c2)cc1C. The lowest BCUT2D eigenvalue weighted by molar-refractivity contribution is 0.0938. The maximum atomic E-state index is 12.8. The first-order chi connectivity index (χ1) is 14.7. The highest BCUT2D eigenvalue weighted by Gasteiger charge is 2.21. The van der Waals surface area contributed by atoms with Crippen molar-refractivity contribution in [2.75, 3.05) is 24.4 Å². The summed E-state index contributed by atoms with van der Waals surface area (Å²) < 4.78 is 28.3. The van der Waals surface area contributed by atoms with Gasteiger partial charge in [-0.3, -0.25) is 14.4 Å². The van der Waals surface area contributed by atoms with E-state index in [9.17, 15) is 13.2 Å². The molecule has 8 heteroatoms. The number of nitrogens with zero attached hydrogens (tertiary/aromatic N) is 1. The smallest absolute Gasteiger partial charge is 0.261 e. The standard InChI is InChI=1S/C23H30ClN3O3S/c1-16-7-8-19(14-17(16)2)26-31(29,30)20-9-10-22(24)21(15-20)23(28)25-11-13-27-12-5-4-6-18(27)3/h7-10,14-15,18,26H,4-6,11-13H2,1-3H3,(H,25,28). The van der Waals surface area contributed by atoms with Crippen LogP contribution < -0.4 is 10.0 Å². The largest absolute Gasteiger partial charge is 0.351 e. The summed E-state index contributed by atoms with van der Waals surface area (Å²) in [4.78, 5) is 15.0. The molecule has 0 saturated carbocycles. The molecule has 0 bridgehead atoms. The average molecular weight is 464 g/mol. The van der Waals surface area contributed by atoms with Gasteiger partial charge in [-0.1, -0.05) is 24.1 Å². The van der Waals surface area contributed by atoms with Crippen LogP contribution in [-0.4, -0.2) is 44.9 Å². The van der Waals surface area contributed by atoms with Gasteiger partial charge in [-0.25, -0.2) is 8.42 Å². The number of nitrogens with one attached hydrogen (secondary N) is 2. The van der Waals surface area contributed by atoms with Crippen molar-refractivity contribution in [2.24, 2.45) is 0 Å². The molecule has 1 unspecified atom stereocenters. The molecular weight excluding hydrogens is 434 g/mol. The Hall–Kier alpha value is -2.09. The minimum Gasteiger partial charge on any atom is -0.351 e. The van der Waals surface area contributed by atoms with Crippen molar-refractivity contribution in [3.05, 3.63) is 58.1 Å². The molecular formula is C23H30ClN3O3S. The highest BCUT2D eigenvalue weighted by molar-refractivity contribution is 7.92. The second-order valence-electron chi connectivity index (χ2n) is 8.18. The van der Waals surface area contributed by atoms with Gasteiger partial charge in [0.15, 0.2) is 0 Å². The van der Waals surface area contributed by atoms with Crippen molar-refractivity contribution in [3.63, 3.8) is 0 Å². The van der Waals surface area contributed by atoms with E-state index in [1.807, 2.05) is 19.9 Å². The summed E-state index contributed by atoms with van der Waals surface area (Å²) >= 11 is 6.20. The summed E-state index contributed by atoms with van der Waals surface area (Å²) in [6.45, 7) is 8.37. The van der Waals surface area contributed by atoms with Crippen molar-refractivity contribution in [1.82, 2.24) is 10.2 Å². The number of hydrogen-bond acceptors (Lipinski definition) is 4. The molecule has 1 amide bonds. The molecule has 0 radical (unpaired) electrons. The predicted molar refractivity (Wildman–Crippen MR) is 125 cm³/mol. The molecule has 1 aliphatic heterocycles. The Morgan fingerprint density at radius 3 is 2.61 bits per heavy atom. The summed E-state index contributed by atoms with van der Waals surface area (Å²) in [5.74, 6) is -0.377. The maximum absolute atomic E-state index is 12.8. The fourth-order valence-electron chi connectivity index (χ4n) is 3.76. The monoisotopic (exact) mass is 463 g/mol. The Labute approximate surface area is 190 Å². The third-order valence-corrected chi connectivity index (χ3v) is 7.59. The molecule has 2 aromatic carbocycles. The zero-order valence-corrected chi connectivity index (χ0v) is 19.8. The van der Waals surface area contributed by atoms with Crippen LogP contribution in [0.25, 0.3) is 0 Å². The Balaban J connectivity index is 1.69. The molecule has 1 aliphatic rings. The summed E-state index contributed by atoms with van der Waals surface area (Å²) in [6.07, 6.45) is 3.60. The molecule has 168 valence electrons. The van der Waals surface area contributed by atoms with Crippen LogP contribution in [0.1, 0.15) is 47.7 Å². The van der Waals surface area contributed by atoms with Gasteiger partial charge >= 0.3 is 0 Å². The van der Waals surface area contributed by atoms with E-state index in [0.29, 0.717) is 18.3 Å². The Morgan fingerprint density at radius 2 is 1.90 bits per heavy atom. The number of carbonyl (C=O) groups is 1. The van der Waals surface area contributed by atoms with Crippen LogP contribution in [0.3, 0.4) is 0 Å². The first-order valence-corrected chi connectivity index (χ1v) is 12.5. The second kappa shape index (κ2) is 10.0. The van der Waals surface area contributed by atoms with Gasteiger partial charge in [-0.2, -0.15) is 0 Å². The van der Waals surface area contributed by atoms with Crippen LogP contribution in [-0.2, 0) is 10.0 Å². The molecule has 1 fully saturated rings. The highest BCUT2D eigenvalue weighted by Crippen LogP contribution is 2.24. The predicted octanol–water partition coefficient (Wildman–Crippen LogP) is 4.36. The van der Waals surface area contributed by atoms with Gasteiger partial charge in [0, 0.05) is 24.8 Å². The fourth-order valence-corrected chi connectivity index (χ4v) is 5.04. The summed E-state index contributed by atoms with van der Waals surface area (Å²) in [7, 11) is -3.86. The number of piperidine rings is 1. The molecule has 1 atom stereocenters. The van der Waals surface area contributed by atoms with Crippen molar-refractivity contribution >= 4 is 33.2 Å². The average Bonchev–Trinajstić information content (AvgIpc) is 2.72. The van der Waals surface area contributed by atoms with E-state index in [1.165, 1.54) is 37.5 Å². The highest BCUT2D eigenvalue weighted by atomic mass is 35.5. The van der Waals surface area contributed by atoms with Crippen molar-refractivity contribution in [1.29, 1.82) is 0 Å².